The Balaban J connectivity index is 1.71. The van der Waals surface area contributed by atoms with E-state index in [0.29, 0.717) is 11.4 Å². The molecule has 0 bridgehead atoms. The Morgan fingerprint density at radius 3 is 2.52 bits per heavy atom. The van der Waals surface area contributed by atoms with Gasteiger partial charge in [0, 0.05) is 12.4 Å². The first-order chi connectivity index (χ1) is 11.3. The number of ether oxygens (including phenoxy) is 1. The van der Waals surface area contributed by atoms with Crippen molar-refractivity contribution in [3.63, 3.8) is 0 Å². The number of anilines is 1. The monoisotopic (exact) mass is 304 g/mol. The molecule has 4 nitrogen and oxygen atoms in total. The summed E-state index contributed by atoms with van der Waals surface area (Å²) in [5.41, 5.74) is 1.51. The average Bonchev–Trinajstić information content (AvgIpc) is 2.58. The maximum atomic E-state index is 12.2. The number of nitrogens with zero attached hydrogens (tertiary/aromatic N) is 1. The molecule has 0 aliphatic rings. The summed E-state index contributed by atoms with van der Waals surface area (Å²) < 4.78 is 5.83. The van der Waals surface area contributed by atoms with Gasteiger partial charge in [0.25, 0.3) is 0 Å². The molecule has 3 rings (SSSR count). The molecule has 0 saturated carbocycles. The number of amides is 1. The predicted molar refractivity (Wildman–Crippen MR) is 89.5 cm³/mol. The molecule has 1 heterocycles. The third-order valence-electron chi connectivity index (χ3n) is 3.22. The lowest BCUT2D eigenvalue weighted by atomic mass is 10.2. The largest absolute Gasteiger partial charge is 0.455 e. The first-order valence-electron chi connectivity index (χ1n) is 7.32. The van der Waals surface area contributed by atoms with E-state index in [1.165, 1.54) is 0 Å². The Bertz CT molecular complexity index is 774. The molecule has 0 aliphatic heterocycles. The highest BCUT2D eigenvalue weighted by atomic mass is 16.5. The summed E-state index contributed by atoms with van der Waals surface area (Å²) in [6, 6.07) is 20.5. The Labute approximate surface area is 134 Å². The van der Waals surface area contributed by atoms with Crippen molar-refractivity contribution in [2.75, 3.05) is 5.32 Å². The zero-order valence-corrected chi connectivity index (χ0v) is 12.5. The van der Waals surface area contributed by atoms with Gasteiger partial charge in [0.2, 0.25) is 5.91 Å². The van der Waals surface area contributed by atoms with Crippen molar-refractivity contribution >= 4 is 11.6 Å². The minimum absolute atomic E-state index is 0.109. The van der Waals surface area contributed by atoms with E-state index >= 15 is 0 Å². The summed E-state index contributed by atoms with van der Waals surface area (Å²) in [6.07, 6.45) is 3.64. The van der Waals surface area contributed by atoms with Crippen molar-refractivity contribution in [2.24, 2.45) is 0 Å². The van der Waals surface area contributed by atoms with Gasteiger partial charge in [-0.15, -0.1) is 0 Å². The van der Waals surface area contributed by atoms with Gasteiger partial charge in [-0.25, -0.2) is 0 Å². The third kappa shape index (κ3) is 4.17. The topological polar surface area (TPSA) is 51.2 Å². The molecular formula is C19H16N2O2. The normalized spacial score (nSPS) is 10.1. The molecule has 2 aromatic carbocycles. The number of benzene rings is 2. The second-order valence-electron chi connectivity index (χ2n) is 5.00. The predicted octanol–water partition coefficient (Wildman–Crippen LogP) is 4.06. The molecule has 0 aliphatic carbocycles. The lowest BCUT2D eigenvalue weighted by Gasteiger charge is -2.12. The number of hydrogen-bond acceptors (Lipinski definition) is 3. The number of aromatic nitrogens is 1. The summed E-state index contributed by atoms with van der Waals surface area (Å²) in [5, 5.41) is 2.89. The van der Waals surface area contributed by atoms with Gasteiger partial charge in [0.15, 0.2) is 5.75 Å². The zero-order valence-electron chi connectivity index (χ0n) is 12.5. The fourth-order valence-electron chi connectivity index (χ4n) is 2.16. The van der Waals surface area contributed by atoms with Crippen LogP contribution in [0.4, 0.5) is 5.69 Å². The number of hydrogen-bond donors (Lipinski definition) is 1. The van der Waals surface area contributed by atoms with E-state index in [2.05, 4.69) is 10.3 Å². The SMILES string of the molecule is O=C(Cc1cccnc1)Nc1ccccc1Oc1ccccc1. The summed E-state index contributed by atoms with van der Waals surface area (Å²) in [4.78, 5) is 16.2. The number of pyridine rings is 1. The van der Waals surface area contributed by atoms with Gasteiger partial charge < -0.3 is 10.1 Å². The van der Waals surface area contributed by atoms with E-state index in [4.69, 9.17) is 4.74 Å². The van der Waals surface area contributed by atoms with E-state index in [0.717, 1.165) is 11.3 Å². The lowest BCUT2D eigenvalue weighted by molar-refractivity contribution is -0.115. The Kier molecular flexibility index (Phi) is 4.64. The average molecular weight is 304 g/mol. The van der Waals surface area contributed by atoms with Crippen molar-refractivity contribution in [1.82, 2.24) is 4.98 Å². The van der Waals surface area contributed by atoms with Crippen LogP contribution in [0.25, 0.3) is 0 Å². The second kappa shape index (κ2) is 7.22. The van der Waals surface area contributed by atoms with Crippen LogP contribution < -0.4 is 10.1 Å². The molecule has 1 N–H and O–H groups in total. The van der Waals surface area contributed by atoms with Crippen LogP contribution in [0.1, 0.15) is 5.56 Å². The highest BCUT2D eigenvalue weighted by Gasteiger charge is 2.09. The number of rotatable bonds is 5. The van der Waals surface area contributed by atoms with E-state index in [1.807, 2.05) is 66.7 Å². The molecule has 4 heteroatoms. The maximum absolute atomic E-state index is 12.2. The summed E-state index contributed by atoms with van der Waals surface area (Å²) in [7, 11) is 0. The molecule has 0 spiro atoms. The smallest absolute Gasteiger partial charge is 0.228 e. The molecule has 1 aromatic heterocycles. The lowest BCUT2D eigenvalue weighted by Crippen LogP contribution is -2.15. The molecule has 3 aromatic rings. The fourth-order valence-corrected chi connectivity index (χ4v) is 2.16. The number of nitrogens with one attached hydrogen (secondary N) is 1. The van der Waals surface area contributed by atoms with E-state index < -0.39 is 0 Å². The molecular weight excluding hydrogens is 288 g/mol. The van der Waals surface area contributed by atoms with Gasteiger partial charge in [-0.05, 0) is 35.9 Å². The van der Waals surface area contributed by atoms with Gasteiger partial charge in [-0.2, -0.15) is 0 Å². The van der Waals surface area contributed by atoms with Crippen molar-refractivity contribution in [1.29, 1.82) is 0 Å². The van der Waals surface area contributed by atoms with Gasteiger partial charge in [-0.1, -0.05) is 36.4 Å². The first kappa shape index (κ1) is 14.8. The van der Waals surface area contributed by atoms with Gasteiger partial charge in [0.1, 0.15) is 5.75 Å². The molecule has 23 heavy (non-hydrogen) atoms. The van der Waals surface area contributed by atoms with E-state index in [1.54, 1.807) is 12.4 Å². The molecule has 114 valence electrons. The van der Waals surface area contributed by atoms with Crippen LogP contribution in [-0.4, -0.2) is 10.9 Å². The molecule has 0 fully saturated rings. The highest BCUT2D eigenvalue weighted by molar-refractivity contribution is 5.93. The highest BCUT2D eigenvalue weighted by Crippen LogP contribution is 2.29. The van der Waals surface area contributed by atoms with Gasteiger partial charge in [0.05, 0.1) is 12.1 Å². The van der Waals surface area contributed by atoms with Crippen LogP contribution in [0.5, 0.6) is 11.5 Å². The van der Waals surface area contributed by atoms with E-state index in [9.17, 15) is 4.79 Å². The van der Waals surface area contributed by atoms with Gasteiger partial charge in [-0.3, -0.25) is 9.78 Å². The summed E-state index contributed by atoms with van der Waals surface area (Å²) >= 11 is 0. The minimum atomic E-state index is -0.109. The molecule has 0 saturated heterocycles. The zero-order chi connectivity index (χ0) is 15.9. The van der Waals surface area contributed by atoms with Crippen LogP contribution in [-0.2, 0) is 11.2 Å². The van der Waals surface area contributed by atoms with Crippen molar-refractivity contribution in [3.8, 4) is 11.5 Å². The Morgan fingerprint density at radius 1 is 0.957 bits per heavy atom. The van der Waals surface area contributed by atoms with Crippen molar-refractivity contribution in [2.45, 2.75) is 6.42 Å². The number of carbonyl (C=O) groups excluding carboxylic acids is 1. The van der Waals surface area contributed by atoms with Crippen LogP contribution in [0.15, 0.2) is 79.1 Å². The third-order valence-corrected chi connectivity index (χ3v) is 3.22. The van der Waals surface area contributed by atoms with Crippen LogP contribution >= 0.6 is 0 Å². The van der Waals surface area contributed by atoms with Crippen molar-refractivity contribution < 1.29 is 9.53 Å². The van der Waals surface area contributed by atoms with E-state index in [-0.39, 0.29) is 12.3 Å². The van der Waals surface area contributed by atoms with Crippen LogP contribution in [0, 0.1) is 0 Å². The van der Waals surface area contributed by atoms with Crippen molar-refractivity contribution in [3.05, 3.63) is 84.7 Å². The number of para-hydroxylation sites is 3. The summed E-state index contributed by atoms with van der Waals surface area (Å²) in [6.45, 7) is 0. The molecule has 1 amide bonds. The second-order valence-corrected chi connectivity index (χ2v) is 5.00. The maximum Gasteiger partial charge on any atom is 0.228 e. The molecule has 0 radical (unpaired) electrons. The molecule has 0 atom stereocenters. The number of carbonyl (C=O) groups is 1. The first-order valence-corrected chi connectivity index (χ1v) is 7.32. The van der Waals surface area contributed by atoms with Gasteiger partial charge >= 0.3 is 0 Å². The fraction of sp³-hybridized carbons (Fsp3) is 0.0526. The standard InChI is InChI=1S/C19H16N2O2/c22-19(13-15-7-6-12-20-14-15)21-17-10-4-5-11-18(17)23-16-8-2-1-3-9-16/h1-12,14H,13H2,(H,21,22). The summed E-state index contributed by atoms with van der Waals surface area (Å²) in [5.74, 6) is 1.22. The molecule has 0 unspecified atom stereocenters. The Morgan fingerprint density at radius 2 is 1.74 bits per heavy atom. The Hall–Kier alpha value is -3.14. The quantitative estimate of drug-likeness (QED) is 0.773. The van der Waals surface area contributed by atoms with Crippen LogP contribution in [0.3, 0.4) is 0 Å². The minimum Gasteiger partial charge on any atom is -0.455 e. The van der Waals surface area contributed by atoms with Crippen LogP contribution in [0.2, 0.25) is 0 Å².